The Bertz CT molecular complexity index is 510. The van der Waals surface area contributed by atoms with Gasteiger partial charge in [-0.05, 0) is 12.1 Å². The molecule has 0 unspecified atom stereocenters. The second-order valence-corrected chi connectivity index (χ2v) is 4.37. The van der Waals surface area contributed by atoms with Crippen LogP contribution in [0.15, 0.2) is 22.8 Å². The molecule has 0 aromatic carbocycles. The van der Waals surface area contributed by atoms with E-state index >= 15 is 0 Å². The zero-order valence-corrected chi connectivity index (χ0v) is 9.19. The Balaban J connectivity index is 2.44. The molecule has 0 bridgehead atoms. The van der Waals surface area contributed by atoms with Crippen molar-refractivity contribution >= 4 is 28.7 Å². The predicted octanol–water partition coefficient (Wildman–Crippen LogP) is 3.56. The molecule has 2 aromatic rings. The molecule has 7 heteroatoms. The fourth-order valence-corrected chi connectivity index (χ4v) is 2.20. The van der Waals surface area contributed by atoms with E-state index in [0.717, 1.165) is 0 Å². The summed E-state index contributed by atoms with van der Waals surface area (Å²) in [5.74, 6) is -0.646. The predicted molar refractivity (Wildman–Crippen MR) is 54.2 cm³/mol. The van der Waals surface area contributed by atoms with Crippen molar-refractivity contribution in [3.8, 4) is 0 Å². The average molecular weight is 264 g/mol. The van der Waals surface area contributed by atoms with Gasteiger partial charge < -0.3 is 4.42 Å². The number of rotatable bonds is 3. The fraction of sp³-hybridized carbons (Fsp3) is 0.111. The number of thiazole rings is 1. The summed E-state index contributed by atoms with van der Waals surface area (Å²) in [6.07, 6.45) is -1.55. The summed E-state index contributed by atoms with van der Waals surface area (Å²) in [4.78, 5) is 15.0. The molecule has 2 rings (SSSR count). The van der Waals surface area contributed by atoms with Crippen LogP contribution in [0.1, 0.15) is 27.6 Å². The number of carbonyl (C=O) groups excluding carboxylic acids is 1. The highest BCUT2D eigenvalue weighted by Crippen LogP contribution is 2.31. The standard InChI is InChI=1S/C9H4ClF2NO2S/c10-9-13-5(8(11)12)7(16-9)6(14)4-2-1-3-15-4/h1-3,8H. The van der Waals surface area contributed by atoms with Gasteiger partial charge in [0, 0.05) is 0 Å². The molecule has 0 fully saturated rings. The number of halogens is 3. The minimum Gasteiger partial charge on any atom is -0.461 e. The maximum absolute atomic E-state index is 12.5. The largest absolute Gasteiger partial charge is 0.461 e. The maximum Gasteiger partial charge on any atom is 0.282 e. The Morgan fingerprint density at radius 3 is 2.88 bits per heavy atom. The van der Waals surface area contributed by atoms with E-state index in [-0.39, 0.29) is 15.1 Å². The molecule has 84 valence electrons. The lowest BCUT2D eigenvalue weighted by Gasteiger charge is -1.97. The summed E-state index contributed by atoms with van der Waals surface area (Å²) in [6.45, 7) is 0. The summed E-state index contributed by atoms with van der Waals surface area (Å²) in [5.41, 5.74) is -0.601. The highest BCUT2D eigenvalue weighted by atomic mass is 35.5. The first-order valence-corrected chi connectivity index (χ1v) is 5.31. The molecule has 0 aliphatic heterocycles. The van der Waals surface area contributed by atoms with Crippen LogP contribution in [0.25, 0.3) is 0 Å². The van der Waals surface area contributed by atoms with Gasteiger partial charge in [0.2, 0.25) is 5.78 Å². The van der Waals surface area contributed by atoms with Crippen LogP contribution in [0.4, 0.5) is 8.78 Å². The molecule has 0 atom stereocenters. The van der Waals surface area contributed by atoms with Crippen molar-refractivity contribution < 1.29 is 18.0 Å². The third-order valence-electron chi connectivity index (χ3n) is 1.79. The van der Waals surface area contributed by atoms with E-state index < -0.39 is 17.9 Å². The lowest BCUT2D eigenvalue weighted by Crippen LogP contribution is -2.01. The van der Waals surface area contributed by atoms with E-state index in [1.54, 1.807) is 0 Å². The summed E-state index contributed by atoms with van der Waals surface area (Å²) < 4.78 is 29.8. The summed E-state index contributed by atoms with van der Waals surface area (Å²) in [6, 6.07) is 2.89. The van der Waals surface area contributed by atoms with Gasteiger partial charge in [-0.3, -0.25) is 4.79 Å². The van der Waals surface area contributed by atoms with Crippen molar-refractivity contribution in [3.05, 3.63) is 39.2 Å². The van der Waals surface area contributed by atoms with E-state index in [1.165, 1.54) is 18.4 Å². The van der Waals surface area contributed by atoms with Crippen molar-refractivity contribution in [1.29, 1.82) is 0 Å². The SMILES string of the molecule is O=C(c1ccco1)c1sc(Cl)nc1C(F)F. The van der Waals surface area contributed by atoms with Gasteiger partial charge in [0.1, 0.15) is 10.6 Å². The smallest absolute Gasteiger partial charge is 0.282 e. The first-order valence-electron chi connectivity index (χ1n) is 4.12. The van der Waals surface area contributed by atoms with Crippen LogP contribution in [0.2, 0.25) is 4.47 Å². The minimum atomic E-state index is -2.84. The van der Waals surface area contributed by atoms with Crippen molar-refractivity contribution in [2.75, 3.05) is 0 Å². The van der Waals surface area contributed by atoms with Crippen molar-refractivity contribution in [2.45, 2.75) is 6.43 Å². The average Bonchev–Trinajstić information content (AvgIpc) is 2.84. The molecule has 0 aliphatic carbocycles. The third kappa shape index (κ3) is 1.98. The molecule has 16 heavy (non-hydrogen) atoms. The molecular weight excluding hydrogens is 260 g/mol. The topological polar surface area (TPSA) is 43.1 Å². The first kappa shape index (κ1) is 11.2. The number of aromatic nitrogens is 1. The molecule has 2 aromatic heterocycles. The van der Waals surface area contributed by atoms with Gasteiger partial charge in [0.25, 0.3) is 6.43 Å². The number of alkyl halides is 2. The highest BCUT2D eigenvalue weighted by molar-refractivity contribution is 7.17. The molecule has 0 radical (unpaired) electrons. The minimum absolute atomic E-state index is 0.0118. The van der Waals surface area contributed by atoms with Crippen LogP contribution in [0, 0.1) is 0 Å². The fourth-order valence-electron chi connectivity index (χ4n) is 1.14. The number of hydrogen-bond donors (Lipinski definition) is 0. The Labute approximate surface area is 97.7 Å². The second-order valence-electron chi connectivity index (χ2n) is 2.79. The summed E-state index contributed by atoms with van der Waals surface area (Å²) >= 11 is 6.22. The number of furan rings is 1. The van der Waals surface area contributed by atoms with E-state index in [1.807, 2.05) is 0 Å². The Morgan fingerprint density at radius 2 is 2.31 bits per heavy atom. The van der Waals surface area contributed by atoms with Crippen LogP contribution in [0.3, 0.4) is 0 Å². The van der Waals surface area contributed by atoms with Crippen LogP contribution in [0.5, 0.6) is 0 Å². The van der Waals surface area contributed by atoms with Gasteiger partial charge in [-0.2, -0.15) is 0 Å². The monoisotopic (exact) mass is 263 g/mol. The van der Waals surface area contributed by atoms with Crippen molar-refractivity contribution in [3.63, 3.8) is 0 Å². The lowest BCUT2D eigenvalue weighted by molar-refractivity contribution is 0.0998. The van der Waals surface area contributed by atoms with Gasteiger partial charge >= 0.3 is 0 Å². The number of carbonyl (C=O) groups is 1. The maximum atomic E-state index is 12.5. The van der Waals surface area contributed by atoms with Gasteiger partial charge in [0.05, 0.1) is 6.26 Å². The van der Waals surface area contributed by atoms with Crippen LogP contribution >= 0.6 is 22.9 Å². The van der Waals surface area contributed by atoms with E-state index in [0.29, 0.717) is 11.3 Å². The zero-order chi connectivity index (χ0) is 11.7. The Morgan fingerprint density at radius 1 is 1.56 bits per heavy atom. The molecule has 2 heterocycles. The molecule has 0 N–H and O–H groups in total. The number of nitrogens with zero attached hydrogens (tertiary/aromatic N) is 1. The molecule has 3 nitrogen and oxygen atoms in total. The molecule has 0 amide bonds. The Hall–Kier alpha value is -1.27. The third-order valence-corrected chi connectivity index (χ3v) is 2.96. The number of ketones is 1. The van der Waals surface area contributed by atoms with E-state index in [9.17, 15) is 13.6 Å². The van der Waals surface area contributed by atoms with Gasteiger partial charge in [-0.25, -0.2) is 13.8 Å². The van der Waals surface area contributed by atoms with Gasteiger partial charge in [0.15, 0.2) is 10.2 Å². The van der Waals surface area contributed by atoms with Gasteiger partial charge in [-0.15, -0.1) is 0 Å². The van der Waals surface area contributed by atoms with Crippen molar-refractivity contribution in [1.82, 2.24) is 4.98 Å². The van der Waals surface area contributed by atoms with Crippen LogP contribution in [-0.4, -0.2) is 10.8 Å². The van der Waals surface area contributed by atoms with Crippen LogP contribution in [-0.2, 0) is 0 Å². The summed E-state index contributed by atoms with van der Waals surface area (Å²) in [5, 5.41) is 0. The molecular formula is C9H4ClF2NO2S. The molecule has 0 spiro atoms. The van der Waals surface area contributed by atoms with Gasteiger partial charge in [-0.1, -0.05) is 22.9 Å². The normalized spacial score (nSPS) is 11.0. The van der Waals surface area contributed by atoms with E-state index in [2.05, 4.69) is 4.98 Å². The lowest BCUT2D eigenvalue weighted by atomic mass is 10.2. The number of hydrogen-bond acceptors (Lipinski definition) is 4. The molecule has 0 saturated carbocycles. The Kier molecular flexibility index (Phi) is 3.02. The quantitative estimate of drug-likeness (QED) is 0.795. The van der Waals surface area contributed by atoms with E-state index in [4.69, 9.17) is 16.0 Å². The first-order chi connectivity index (χ1) is 7.59. The molecule has 0 aliphatic rings. The molecule has 0 saturated heterocycles. The highest BCUT2D eigenvalue weighted by Gasteiger charge is 2.26. The zero-order valence-electron chi connectivity index (χ0n) is 7.62. The summed E-state index contributed by atoms with van der Waals surface area (Å²) in [7, 11) is 0. The van der Waals surface area contributed by atoms with Crippen molar-refractivity contribution in [2.24, 2.45) is 0 Å². The second kappa shape index (κ2) is 4.31. The van der Waals surface area contributed by atoms with Crippen LogP contribution < -0.4 is 0 Å².